The van der Waals surface area contributed by atoms with Gasteiger partial charge in [-0.1, -0.05) is 17.7 Å². The Morgan fingerprint density at radius 3 is 2.05 bits per heavy atom. The van der Waals surface area contributed by atoms with Gasteiger partial charge in [-0.2, -0.15) is 0 Å². The summed E-state index contributed by atoms with van der Waals surface area (Å²) in [6, 6.07) is 3.54. The Balaban J connectivity index is 2.33. The van der Waals surface area contributed by atoms with Crippen molar-refractivity contribution >= 4 is 24.2 Å². The number of aromatic nitrogens is 1. The lowest BCUT2D eigenvalue weighted by Crippen LogP contribution is -2.41. The van der Waals surface area contributed by atoms with E-state index in [-0.39, 0.29) is 0 Å². The maximum atomic E-state index is 9.95. The van der Waals surface area contributed by atoms with Gasteiger partial charge in [0.05, 0.1) is 16.9 Å². The van der Waals surface area contributed by atoms with Crippen molar-refractivity contribution < 1.29 is 14.4 Å². The highest BCUT2D eigenvalue weighted by atomic mass is 35.5. The Morgan fingerprint density at radius 1 is 1.15 bits per heavy atom. The van der Waals surface area contributed by atoms with Crippen molar-refractivity contribution in [2.45, 2.75) is 58.3 Å². The van der Waals surface area contributed by atoms with Crippen LogP contribution in [0.1, 0.15) is 47.2 Å². The van der Waals surface area contributed by atoms with E-state index in [9.17, 15) is 5.11 Å². The van der Waals surface area contributed by atoms with E-state index in [1.807, 2.05) is 27.7 Å². The van der Waals surface area contributed by atoms with Crippen LogP contribution in [0.25, 0.3) is 0 Å². The molecule has 4 nitrogen and oxygen atoms in total. The first-order chi connectivity index (χ1) is 8.94. The molecule has 6 heteroatoms. The highest BCUT2D eigenvalue weighted by Gasteiger charge is 2.52. The molecular formula is C14H21BClNO3. The Morgan fingerprint density at radius 2 is 1.65 bits per heavy atom. The number of pyridine rings is 1. The van der Waals surface area contributed by atoms with E-state index < -0.39 is 23.9 Å². The third kappa shape index (κ3) is 2.73. The SMILES string of the molecule is CC(C)(O)c1ccc(B2OC(C)(C)C(C)(C)O2)c(Cl)n1. The predicted octanol–water partition coefficient (Wildman–Crippen LogP) is 2.26. The van der Waals surface area contributed by atoms with Crippen LogP contribution in [0.4, 0.5) is 0 Å². The van der Waals surface area contributed by atoms with E-state index in [2.05, 4.69) is 4.98 Å². The van der Waals surface area contributed by atoms with Gasteiger partial charge < -0.3 is 14.4 Å². The fraction of sp³-hybridized carbons (Fsp3) is 0.643. The number of hydrogen-bond donors (Lipinski definition) is 1. The second-order valence-electron chi connectivity index (χ2n) is 6.72. The molecule has 20 heavy (non-hydrogen) atoms. The van der Waals surface area contributed by atoms with Gasteiger partial charge in [0.2, 0.25) is 0 Å². The van der Waals surface area contributed by atoms with Gasteiger partial charge in [0, 0.05) is 5.46 Å². The normalized spacial score (nSPS) is 21.3. The van der Waals surface area contributed by atoms with Crippen LogP contribution in [-0.2, 0) is 14.9 Å². The molecule has 1 N–H and O–H groups in total. The zero-order valence-corrected chi connectivity index (χ0v) is 13.6. The summed E-state index contributed by atoms with van der Waals surface area (Å²) in [4.78, 5) is 4.24. The molecule has 1 aliphatic rings. The average Bonchev–Trinajstić information content (AvgIpc) is 2.46. The highest BCUT2D eigenvalue weighted by Crippen LogP contribution is 2.37. The molecule has 110 valence electrons. The molecule has 1 aliphatic heterocycles. The van der Waals surface area contributed by atoms with Crippen LogP contribution in [0.15, 0.2) is 12.1 Å². The minimum atomic E-state index is -1.03. The second kappa shape index (κ2) is 4.70. The molecule has 1 aromatic rings. The molecule has 0 saturated carbocycles. The molecule has 0 unspecified atom stereocenters. The minimum Gasteiger partial charge on any atom is -0.399 e. The summed E-state index contributed by atoms with van der Waals surface area (Å²) in [7, 11) is -0.546. The molecule has 0 radical (unpaired) electrons. The van der Waals surface area contributed by atoms with Gasteiger partial charge in [0.25, 0.3) is 0 Å². The summed E-state index contributed by atoms with van der Waals surface area (Å²) >= 11 is 6.22. The van der Waals surface area contributed by atoms with E-state index in [4.69, 9.17) is 20.9 Å². The van der Waals surface area contributed by atoms with Crippen LogP contribution >= 0.6 is 11.6 Å². The van der Waals surface area contributed by atoms with E-state index in [0.717, 1.165) is 0 Å². The highest BCUT2D eigenvalue weighted by molar-refractivity contribution is 6.65. The first-order valence-electron chi connectivity index (χ1n) is 6.69. The monoisotopic (exact) mass is 297 g/mol. The van der Waals surface area contributed by atoms with Crippen LogP contribution in [0.3, 0.4) is 0 Å². The summed E-state index contributed by atoms with van der Waals surface area (Å²) in [5.74, 6) is 0. The van der Waals surface area contributed by atoms with Gasteiger partial charge in [0.15, 0.2) is 0 Å². The molecule has 1 fully saturated rings. The lowest BCUT2D eigenvalue weighted by atomic mass is 9.80. The maximum absolute atomic E-state index is 9.95. The number of aliphatic hydroxyl groups is 1. The van der Waals surface area contributed by atoms with E-state index >= 15 is 0 Å². The maximum Gasteiger partial charge on any atom is 0.498 e. The van der Waals surface area contributed by atoms with Crippen molar-refractivity contribution in [2.24, 2.45) is 0 Å². The number of halogens is 1. The van der Waals surface area contributed by atoms with E-state index in [1.54, 1.807) is 26.0 Å². The Labute approximate surface area is 125 Å². The first-order valence-corrected chi connectivity index (χ1v) is 7.07. The molecule has 2 rings (SSSR count). The van der Waals surface area contributed by atoms with Crippen LogP contribution in [0.5, 0.6) is 0 Å². The quantitative estimate of drug-likeness (QED) is 0.672. The molecule has 0 aromatic carbocycles. The molecule has 2 heterocycles. The Hall–Kier alpha value is -0.615. The molecule has 0 amide bonds. The van der Waals surface area contributed by atoms with Gasteiger partial charge in [-0.05, 0) is 47.6 Å². The summed E-state index contributed by atoms with van der Waals surface area (Å²) < 4.78 is 11.9. The minimum absolute atomic E-state index is 0.295. The van der Waals surface area contributed by atoms with Crippen molar-refractivity contribution in [2.75, 3.05) is 0 Å². The van der Waals surface area contributed by atoms with Crippen molar-refractivity contribution in [3.8, 4) is 0 Å². The van der Waals surface area contributed by atoms with Crippen molar-refractivity contribution in [1.82, 2.24) is 4.98 Å². The largest absolute Gasteiger partial charge is 0.498 e. The van der Waals surface area contributed by atoms with Crippen molar-refractivity contribution in [1.29, 1.82) is 0 Å². The van der Waals surface area contributed by atoms with Gasteiger partial charge >= 0.3 is 7.12 Å². The lowest BCUT2D eigenvalue weighted by Gasteiger charge is -2.32. The molecule has 0 spiro atoms. The smallest absolute Gasteiger partial charge is 0.399 e. The molecular weight excluding hydrogens is 276 g/mol. The topological polar surface area (TPSA) is 51.6 Å². The van der Waals surface area contributed by atoms with Gasteiger partial charge in [0.1, 0.15) is 10.8 Å². The lowest BCUT2D eigenvalue weighted by molar-refractivity contribution is 0.00578. The molecule has 1 saturated heterocycles. The molecule has 0 aliphatic carbocycles. The third-order valence-corrected chi connectivity index (χ3v) is 4.31. The summed E-state index contributed by atoms with van der Waals surface area (Å²) in [6.45, 7) is 11.3. The number of hydrogen-bond acceptors (Lipinski definition) is 4. The van der Waals surface area contributed by atoms with Crippen LogP contribution in [-0.4, -0.2) is 28.4 Å². The van der Waals surface area contributed by atoms with Gasteiger partial charge in [-0.15, -0.1) is 0 Å². The Bertz CT molecular complexity index is 510. The van der Waals surface area contributed by atoms with E-state index in [0.29, 0.717) is 16.3 Å². The second-order valence-corrected chi connectivity index (χ2v) is 7.08. The van der Waals surface area contributed by atoms with E-state index in [1.165, 1.54) is 0 Å². The van der Waals surface area contributed by atoms with Crippen molar-refractivity contribution in [3.05, 3.63) is 23.0 Å². The van der Waals surface area contributed by atoms with Crippen LogP contribution < -0.4 is 5.46 Å². The summed E-state index contributed by atoms with van der Waals surface area (Å²) in [5, 5.41) is 10.2. The van der Waals surface area contributed by atoms with Gasteiger partial charge in [-0.3, -0.25) is 0 Å². The standard InChI is InChI=1S/C14H21BClNO3/c1-12(2,18)10-8-7-9(11(16)17-10)15-19-13(3,4)14(5,6)20-15/h7-8,18H,1-6H3. The zero-order valence-electron chi connectivity index (χ0n) is 12.8. The average molecular weight is 298 g/mol. The molecule has 0 bridgehead atoms. The number of rotatable bonds is 2. The van der Waals surface area contributed by atoms with Crippen LogP contribution in [0.2, 0.25) is 5.15 Å². The third-order valence-electron chi connectivity index (χ3n) is 4.01. The summed E-state index contributed by atoms with van der Waals surface area (Å²) in [6.07, 6.45) is 0. The van der Waals surface area contributed by atoms with Gasteiger partial charge in [-0.25, -0.2) is 4.98 Å². The predicted molar refractivity (Wildman–Crippen MR) is 80.2 cm³/mol. The first kappa shape index (κ1) is 15.8. The number of nitrogens with zero attached hydrogens (tertiary/aromatic N) is 1. The fourth-order valence-corrected chi connectivity index (χ4v) is 2.17. The zero-order chi connectivity index (χ0) is 15.3. The van der Waals surface area contributed by atoms with Crippen molar-refractivity contribution in [3.63, 3.8) is 0 Å². The molecule has 1 aromatic heterocycles. The molecule has 0 atom stereocenters. The Kier molecular flexibility index (Phi) is 3.71. The fourth-order valence-electron chi connectivity index (χ4n) is 1.93. The van der Waals surface area contributed by atoms with Crippen LogP contribution in [0, 0.1) is 0 Å². The summed E-state index contributed by atoms with van der Waals surface area (Å²) in [5.41, 5.74) is -0.676.